The first kappa shape index (κ1) is 18.0. The molecule has 1 N–H and O–H groups in total. The molecular formula is C17H14Cl2FN3OS. The standard InChI is InChI=1S/C17H14Cl2FN3OS/c1-10-9-21-17(25-10)23(13-5-6-15(20)14(19)8-13)16(24)22-12-4-2-3-11(18)7-12/h2-8,10H,9H2,1H3,(H,22,24)/t10-/m0/s1. The number of carbonyl (C=O) groups excluding carboxylic acids is 1. The topological polar surface area (TPSA) is 44.7 Å². The summed E-state index contributed by atoms with van der Waals surface area (Å²) in [6.07, 6.45) is 0. The maximum atomic E-state index is 13.5. The summed E-state index contributed by atoms with van der Waals surface area (Å²) in [5.74, 6) is -0.546. The lowest BCUT2D eigenvalue weighted by Crippen LogP contribution is -2.38. The minimum atomic E-state index is -0.546. The summed E-state index contributed by atoms with van der Waals surface area (Å²) in [6, 6.07) is 10.5. The first-order valence-corrected chi connectivity index (χ1v) is 9.10. The van der Waals surface area contributed by atoms with Crippen LogP contribution in [0, 0.1) is 5.82 Å². The molecule has 1 atom stereocenters. The molecule has 1 heterocycles. The third kappa shape index (κ3) is 4.26. The Balaban J connectivity index is 1.93. The number of aliphatic imine (C=N–C) groups is 1. The Labute approximate surface area is 159 Å². The van der Waals surface area contributed by atoms with Crippen molar-refractivity contribution in [3.63, 3.8) is 0 Å². The van der Waals surface area contributed by atoms with E-state index in [0.29, 0.717) is 28.1 Å². The fourth-order valence-electron chi connectivity index (χ4n) is 2.27. The van der Waals surface area contributed by atoms with Crippen LogP contribution in [-0.2, 0) is 0 Å². The third-order valence-corrected chi connectivity index (χ3v) is 5.02. The Morgan fingerprint density at radius 3 is 2.76 bits per heavy atom. The van der Waals surface area contributed by atoms with Crippen molar-refractivity contribution in [2.45, 2.75) is 12.2 Å². The summed E-state index contributed by atoms with van der Waals surface area (Å²) < 4.78 is 13.5. The number of nitrogens with one attached hydrogen (secondary N) is 1. The first-order valence-electron chi connectivity index (χ1n) is 7.47. The average molecular weight is 398 g/mol. The van der Waals surface area contributed by atoms with E-state index in [9.17, 15) is 9.18 Å². The molecule has 0 saturated heterocycles. The number of hydrogen-bond acceptors (Lipinski definition) is 3. The Morgan fingerprint density at radius 1 is 1.32 bits per heavy atom. The van der Waals surface area contributed by atoms with Gasteiger partial charge < -0.3 is 5.32 Å². The van der Waals surface area contributed by atoms with E-state index in [2.05, 4.69) is 10.3 Å². The SMILES string of the molecule is C[C@H]1CN=C(N(C(=O)Nc2cccc(Cl)c2)c2ccc(F)c(Cl)c2)S1. The van der Waals surface area contributed by atoms with Crippen LogP contribution in [0.15, 0.2) is 47.5 Å². The highest BCUT2D eigenvalue weighted by atomic mass is 35.5. The van der Waals surface area contributed by atoms with Gasteiger partial charge in [0.05, 0.1) is 17.3 Å². The zero-order chi connectivity index (χ0) is 18.0. The fraction of sp³-hybridized carbons (Fsp3) is 0.176. The van der Waals surface area contributed by atoms with E-state index in [1.807, 2.05) is 6.92 Å². The van der Waals surface area contributed by atoms with Crippen molar-refractivity contribution in [3.8, 4) is 0 Å². The molecule has 1 aliphatic heterocycles. The van der Waals surface area contributed by atoms with Crippen LogP contribution in [0.2, 0.25) is 10.0 Å². The molecule has 1 aliphatic rings. The monoisotopic (exact) mass is 397 g/mol. The molecule has 2 aromatic rings. The van der Waals surface area contributed by atoms with Gasteiger partial charge in [-0.05, 0) is 36.4 Å². The molecule has 0 unspecified atom stereocenters. The molecule has 3 rings (SSSR count). The van der Waals surface area contributed by atoms with Crippen molar-refractivity contribution in [1.82, 2.24) is 0 Å². The van der Waals surface area contributed by atoms with Crippen molar-refractivity contribution in [2.75, 3.05) is 16.8 Å². The summed E-state index contributed by atoms with van der Waals surface area (Å²) in [5, 5.41) is 4.02. The number of anilines is 2. The van der Waals surface area contributed by atoms with E-state index in [0.717, 1.165) is 0 Å². The Kier molecular flexibility index (Phi) is 5.51. The second-order valence-corrected chi connectivity index (χ2v) is 7.68. The molecular weight excluding hydrogens is 384 g/mol. The molecule has 0 aliphatic carbocycles. The van der Waals surface area contributed by atoms with Gasteiger partial charge in [-0.15, -0.1) is 0 Å². The molecule has 4 nitrogen and oxygen atoms in total. The van der Waals surface area contributed by atoms with Gasteiger partial charge in [0, 0.05) is 16.0 Å². The van der Waals surface area contributed by atoms with Gasteiger partial charge >= 0.3 is 6.03 Å². The lowest BCUT2D eigenvalue weighted by molar-refractivity contribution is 0.259. The van der Waals surface area contributed by atoms with Crippen LogP contribution < -0.4 is 10.2 Å². The number of urea groups is 1. The van der Waals surface area contributed by atoms with Gasteiger partial charge in [-0.2, -0.15) is 0 Å². The van der Waals surface area contributed by atoms with Gasteiger partial charge in [0.15, 0.2) is 5.17 Å². The van der Waals surface area contributed by atoms with Crippen molar-refractivity contribution >= 4 is 57.5 Å². The highest BCUT2D eigenvalue weighted by Gasteiger charge is 2.28. The normalized spacial score (nSPS) is 16.5. The number of rotatable bonds is 2. The fourth-order valence-corrected chi connectivity index (χ4v) is 3.59. The van der Waals surface area contributed by atoms with Gasteiger partial charge in [0.1, 0.15) is 5.82 Å². The molecule has 130 valence electrons. The molecule has 0 radical (unpaired) electrons. The average Bonchev–Trinajstić information content (AvgIpc) is 2.97. The zero-order valence-electron chi connectivity index (χ0n) is 13.2. The highest BCUT2D eigenvalue weighted by Crippen LogP contribution is 2.30. The molecule has 0 spiro atoms. The highest BCUT2D eigenvalue weighted by molar-refractivity contribution is 8.15. The smallest absolute Gasteiger partial charge is 0.307 e. The quantitative estimate of drug-likeness (QED) is 0.709. The van der Waals surface area contributed by atoms with Crippen LogP contribution in [0.5, 0.6) is 0 Å². The maximum Gasteiger partial charge on any atom is 0.332 e. The number of carbonyl (C=O) groups is 1. The van der Waals surface area contributed by atoms with Crippen molar-refractivity contribution in [1.29, 1.82) is 0 Å². The number of thioether (sulfide) groups is 1. The van der Waals surface area contributed by atoms with Crippen LogP contribution in [0.3, 0.4) is 0 Å². The van der Waals surface area contributed by atoms with E-state index < -0.39 is 11.8 Å². The lowest BCUT2D eigenvalue weighted by atomic mass is 10.3. The summed E-state index contributed by atoms with van der Waals surface area (Å²) in [7, 11) is 0. The number of amidine groups is 1. The van der Waals surface area contributed by atoms with E-state index in [-0.39, 0.29) is 10.3 Å². The molecule has 0 aromatic heterocycles. The van der Waals surface area contributed by atoms with Crippen molar-refractivity contribution < 1.29 is 9.18 Å². The summed E-state index contributed by atoms with van der Waals surface area (Å²) in [5.41, 5.74) is 0.985. The molecule has 25 heavy (non-hydrogen) atoms. The van der Waals surface area contributed by atoms with Crippen LogP contribution in [0.1, 0.15) is 6.92 Å². The minimum absolute atomic E-state index is 0.0605. The van der Waals surface area contributed by atoms with Crippen LogP contribution in [0.4, 0.5) is 20.6 Å². The van der Waals surface area contributed by atoms with E-state index in [4.69, 9.17) is 23.2 Å². The first-order chi connectivity index (χ1) is 11.9. The van der Waals surface area contributed by atoms with Gasteiger partial charge in [-0.1, -0.05) is 48.0 Å². The molecule has 0 fully saturated rings. The molecule has 2 amide bonds. The number of halogens is 3. The van der Waals surface area contributed by atoms with Gasteiger partial charge in [0.2, 0.25) is 0 Å². The molecule has 0 bridgehead atoms. The number of hydrogen-bond donors (Lipinski definition) is 1. The largest absolute Gasteiger partial charge is 0.332 e. The van der Waals surface area contributed by atoms with Crippen LogP contribution in [0.25, 0.3) is 0 Å². The molecule has 0 saturated carbocycles. The van der Waals surface area contributed by atoms with Crippen molar-refractivity contribution in [3.05, 3.63) is 58.3 Å². The van der Waals surface area contributed by atoms with Gasteiger partial charge in [-0.25, -0.2) is 14.1 Å². The second kappa shape index (κ2) is 7.64. The van der Waals surface area contributed by atoms with Gasteiger partial charge in [0.25, 0.3) is 0 Å². The summed E-state index contributed by atoms with van der Waals surface area (Å²) >= 11 is 13.3. The number of benzene rings is 2. The van der Waals surface area contributed by atoms with Gasteiger partial charge in [-0.3, -0.25) is 4.99 Å². The van der Waals surface area contributed by atoms with E-state index in [1.165, 1.54) is 34.9 Å². The van der Waals surface area contributed by atoms with Crippen LogP contribution >= 0.6 is 35.0 Å². The molecule has 8 heteroatoms. The molecule has 2 aromatic carbocycles. The predicted octanol–water partition coefficient (Wildman–Crippen LogP) is 5.66. The predicted molar refractivity (Wildman–Crippen MR) is 104 cm³/mol. The summed E-state index contributed by atoms with van der Waals surface area (Å²) in [4.78, 5) is 18.7. The number of amides is 2. The van der Waals surface area contributed by atoms with Crippen LogP contribution in [-0.4, -0.2) is 23.0 Å². The van der Waals surface area contributed by atoms with E-state index >= 15 is 0 Å². The van der Waals surface area contributed by atoms with Crippen molar-refractivity contribution in [2.24, 2.45) is 4.99 Å². The Hall–Kier alpha value is -1.76. The Bertz CT molecular complexity index is 846. The second-order valence-electron chi connectivity index (χ2n) is 5.43. The third-order valence-electron chi connectivity index (χ3n) is 3.42. The Morgan fingerprint density at radius 2 is 2.12 bits per heavy atom. The zero-order valence-corrected chi connectivity index (χ0v) is 15.5. The lowest BCUT2D eigenvalue weighted by Gasteiger charge is -2.23. The minimum Gasteiger partial charge on any atom is -0.307 e. The number of nitrogens with zero attached hydrogens (tertiary/aromatic N) is 2. The van der Waals surface area contributed by atoms with E-state index in [1.54, 1.807) is 24.3 Å². The maximum absolute atomic E-state index is 13.5. The summed E-state index contributed by atoms with van der Waals surface area (Å²) in [6.45, 7) is 2.63.